The molecule has 0 radical (unpaired) electrons. The van der Waals surface area contributed by atoms with Crippen LogP contribution in [-0.2, 0) is 4.79 Å². The van der Waals surface area contributed by atoms with E-state index in [1.54, 1.807) is 17.9 Å². The first-order chi connectivity index (χ1) is 20.5. The molecule has 252 valence electrons. The van der Waals surface area contributed by atoms with Gasteiger partial charge in [-0.3, -0.25) is 4.79 Å². The van der Waals surface area contributed by atoms with Crippen molar-refractivity contribution in [3.63, 3.8) is 0 Å². The zero-order valence-electron chi connectivity index (χ0n) is 28.9. The van der Waals surface area contributed by atoms with Crippen molar-refractivity contribution in [2.75, 3.05) is 32.7 Å². The van der Waals surface area contributed by atoms with Crippen molar-refractivity contribution >= 4 is 11.7 Å². The number of hydrogen-bond acceptors (Lipinski definition) is 4. The van der Waals surface area contributed by atoms with E-state index >= 15 is 0 Å². The Hall–Kier alpha value is -2.29. The molecule has 0 saturated carbocycles. The highest BCUT2D eigenvalue weighted by molar-refractivity contribution is 5.81. The minimum absolute atomic E-state index is 0.0425. The number of carbonyl (C=O) groups is 1. The van der Waals surface area contributed by atoms with Crippen LogP contribution >= 0.6 is 0 Å². The van der Waals surface area contributed by atoms with Gasteiger partial charge in [0.05, 0.1) is 5.57 Å². The lowest BCUT2D eigenvalue weighted by atomic mass is 10.1. The van der Waals surface area contributed by atoms with Gasteiger partial charge in [-0.25, -0.2) is 4.99 Å². The summed E-state index contributed by atoms with van der Waals surface area (Å²) in [4.78, 5) is 17.5. The second kappa shape index (κ2) is 27.3. The lowest BCUT2D eigenvalue weighted by Gasteiger charge is -2.19. The zero-order chi connectivity index (χ0) is 33.1. The third-order valence-corrected chi connectivity index (χ3v) is 6.42. The quantitative estimate of drug-likeness (QED) is 0.0838. The number of nitrogens with zero attached hydrogens (tertiary/aromatic N) is 2. The predicted molar refractivity (Wildman–Crippen MR) is 179 cm³/mol. The van der Waals surface area contributed by atoms with E-state index in [1.807, 2.05) is 33.8 Å². The molecule has 43 heavy (non-hydrogen) atoms. The Morgan fingerprint density at radius 1 is 1.09 bits per heavy atom. The molecule has 0 aliphatic carbocycles. The van der Waals surface area contributed by atoms with Crippen LogP contribution in [0.5, 0.6) is 0 Å². The molecule has 3 N–H and O–H groups in total. The van der Waals surface area contributed by atoms with Gasteiger partial charge in [-0.1, -0.05) is 86.8 Å². The van der Waals surface area contributed by atoms with Crippen molar-refractivity contribution in [1.29, 1.82) is 0 Å². The molecule has 6 nitrogen and oxygen atoms in total. The summed E-state index contributed by atoms with van der Waals surface area (Å²) in [5, 5.41) is 9.31. The van der Waals surface area contributed by atoms with Crippen LogP contribution < -0.4 is 16.0 Å². The number of aliphatic imine (C=N–C) groups is 1. The van der Waals surface area contributed by atoms with Crippen molar-refractivity contribution in [3.8, 4) is 0 Å². The third kappa shape index (κ3) is 22.0. The van der Waals surface area contributed by atoms with Gasteiger partial charge < -0.3 is 20.9 Å². The first-order valence-electron chi connectivity index (χ1n) is 16.7. The number of halogens is 3. The number of alkyl halides is 3. The van der Waals surface area contributed by atoms with Crippen LogP contribution in [0.4, 0.5) is 13.2 Å². The summed E-state index contributed by atoms with van der Waals surface area (Å²) in [5.74, 6) is 1.47. The smallest absolute Gasteiger partial charge is 0.385 e. The van der Waals surface area contributed by atoms with Crippen LogP contribution in [0.15, 0.2) is 40.3 Å². The summed E-state index contributed by atoms with van der Waals surface area (Å²) in [6.07, 6.45) is 8.56. The molecule has 2 aliphatic rings. The molecule has 0 spiro atoms. The van der Waals surface area contributed by atoms with Gasteiger partial charge in [-0.05, 0) is 64.5 Å². The molecule has 9 heteroatoms. The number of allylic oxidation sites excluding steroid dienone is 4. The Labute approximate surface area is 262 Å². The molecule has 0 aromatic rings. The van der Waals surface area contributed by atoms with E-state index in [1.165, 1.54) is 25.9 Å². The summed E-state index contributed by atoms with van der Waals surface area (Å²) in [7, 11) is 0. The van der Waals surface area contributed by atoms with Crippen molar-refractivity contribution in [2.24, 2.45) is 10.9 Å². The highest BCUT2D eigenvalue weighted by atomic mass is 19.4. The van der Waals surface area contributed by atoms with Crippen molar-refractivity contribution in [3.05, 3.63) is 35.3 Å². The Kier molecular flexibility index (Phi) is 27.2. The fourth-order valence-electron chi connectivity index (χ4n) is 4.12. The highest BCUT2D eigenvalue weighted by Crippen LogP contribution is 2.30. The molecule has 2 saturated heterocycles. The molecule has 0 aromatic carbocycles. The Morgan fingerprint density at radius 3 is 2.16 bits per heavy atom. The Morgan fingerprint density at radius 2 is 1.72 bits per heavy atom. The minimum Gasteiger partial charge on any atom is -0.385 e. The average molecular weight is 616 g/mol. The van der Waals surface area contributed by atoms with Crippen LogP contribution in [0.1, 0.15) is 127 Å². The standard InChI is InChI=1S/C24H39F3N4O.C5H11N.C3H8.C2H6/c1-5-8-12-20(7-3)30-19(4)29-18-21(24(25,26)27)22(13-9-6-2)28-15-11-17-31-16-10-14-23(31)32;1-5-2-3-6-4-5;1-3-2;1-2/h12-13,18,28H,5-11,14-17H2,1-4H3,(H,29,30);5-6H,2-4H2,1H3;3H2,1-2H3;1-2H3/b20-12+,21-18+,22-13-;;;. The van der Waals surface area contributed by atoms with Crippen molar-refractivity contribution < 1.29 is 18.0 Å². The SMILES string of the molecule is CC.CC1CCNC1.CCC.CCC/C=C(NCCCN1CCCC1=O)/C(=C\N=C(C)N/C(=C/CCC)CC)C(F)(F)F. The number of hydrogen-bond donors (Lipinski definition) is 3. The second-order valence-corrected chi connectivity index (χ2v) is 10.7. The van der Waals surface area contributed by atoms with Crippen LogP contribution in [-0.4, -0.2) is 55.5 Å². The van der Waals surface area contributed by atoms with Gasteiger partial charge in [0.15, 0.2) is 0 Å². The van der Waals surface area contributed by atoms with E-state index in [-0.39, 0.29) is 11.6 Å². The van der Waals surface area contributed by atoms with Gasteiger partial charge in [0, 0.05) is 43.6 Å². The summed E-state index contributed by atoms with van der Waals surface area (Å²) in [6.45, 7) is 22.3. The number of rotatable bonds is 13. The number of nitrogens with one attached hydrogen (secondary N) is 3. The van der Waals surface area contributed by atoms with E-state index < -0.39 is 11.7 Å². The van der Waals surface area contributed by atoms with E-state index in [9.17, 15) is 18.0 Å². The molecule has 0 bridgehead atoms. The van der Waals surface area contributed by atoms with E-state index in [4.69, 9.17) is 0 Å². The van der Waals surface area contributed by atoms with Gasteiger partial charge in [-0.2, -0.15) is 13.2 Å². The fraction of sp³-hybridized carbons (Fsp3) is 0.765. The maximum Gasteiger partial charge on any atom is 0.419 e. The van der Waals surface area contributed by atoms with Crippen LogP contribution in [0.25, 0.3) is 0 Å². The molecule has 0 aromatic heterocycles. The first kappa shape index (κ1) is 42.8. The highest BCUT2D eigenvalue weighted by Gasteiger charge is 2.36. The molecule has 2 heterocycles. The Bertz CT molecular complexity index is 828. The van der Waals surface area contributed by atoms with E-state index in [0.29, 0.717) is 38.2 Å². The molecule has 1 atom stereocenters. The van der Waals surface area contributed by atoms with Gasteiger partial charge in [0.1, 0.15) is 5.84 Å². The van der Waals surface area contributed by atoms with Crippen molar-refractivity contribution in [2.45, 2.75) is 133 Å². The molecule has 1 unspecified atom stereocenters. The lowest BCUT2D eigenvalue weighted by molar-refractivity contribution is -0.127. The normalized spacial score (nSPS) is 17.8. The summed E-state index contributed by atoms with van der Waals surface area (Å²) in [6, 6.07) is 0. The molecule has 1 amide bonds. The monoisotopic (exact) mass is 616 g/mol. The van der Waals surface area contributed by atoms with E-state index in [2.05, 4.69) is 48.6 Å². The third-order valence-electron chi connectivity index (χ3n) is 6.42. The molecule has 2 rings (SSSR count). The topological polar surface area (TPSA) is 68.8 Å². The first-order valence-corrected chi connectivity index (χ1v) is 16.7. The predicted octanol–water partition coefficient (Wildman–Crippen LogP) is 8.88. The number of amidine groups is 1. The number of unbranched alkanes of at least 4 members (excludes halogenated alkanes) is 2. The zero-order valence-corrected chi connectivity index (χ0v) is 28.9. The number of likely N-dealkylation sites (tertiary alicyclic amines) is 1. The van der Waals surface area contributed by atoms with Crippen LogP contribution in [0, 0.1) is 5.92 Å². The molecular weight excluding hydrogens is 551 g/mol. The summed E-state index contributed by atoms with van der Waals surface area (Å²) >= 11 is 0. The molecular formula is C34H64F3N5O. The Balaban J connectivity index is 0. The van der Waals surface area contributed by atoms with Crippen molar-refractivity contribution in [1.82, 2.24) is 20.9 Å². The minimum atomic E-state index is -4.53. The van der Waals surface area contributed by atoms with Gasteiger partial charge in [0.25, 0.3) is 0 Å². The largest absolute Gasteiger partial charge is 0.419 e. The molecule has 2 fully saturated rings. The van der Waals surface area contributed by atoms with Gasteiger partial charge in [-0.15, -0.1) is 0 Å². The fourth-order valence-corrected chi connectivity index (χ4v) is 4.12. The van der Waals surface area contributed by atoms with Crippen LogP contribution in [0.3, 0.4) is 0 Å². The molecule has 2 aliphatic heterocycles. The maximum atomic E-state index is 13.8. The number of carbonyl (C=O) groups excluding carboxylic acids is 1. The van der Waals surface area contributed by atoms with Gasteiger partial charge in [0.2, 0.25) is 5.91 Å². The van der Waals surface area contributed by atoms with Gasteiger partial charge >= 0.3 is 6.18 Å². The number of amides is 1. The van der Waals surface area contributed by atoms with Crippen LogP contribution in [0.2, 0.25) is 0 Å². The summed E-state index contributed by atoms with van der Waals surface area (Å²) in [5.41, 5.74) is 0.201. The summed E-state index contributed by atoms with van der Waals surface area (Å²) < 4.78 is 41.5. The lowest BCUT2D eigenvalue weighted by Crippen LogP contribution is -2.29. The maximum absolute atomic E-state index is 13.8. The van der Waals surface area contributed by atoms with E-state index in [0.717, 1.165) is 56.5 Å². The average Bonchev–Trinajstić information content (AvgIpc) is 3.63. The second-order valence-electron chi connectivity index (χ2n) is 10.7.